The molecular weight excluding hydrogens is 319 g/mol. The molecule has 128 valence electrons. The Bertz CT molecular complexity index is 819. The molecule has 1 saturated heterocycles. The van der Waals surface area contributed by atoms with Crippen molar-refractivity contribution < 1.29 is 9.13 Å². The van der Waals surface area contributed by atoms with E-state index < -0.39 is 5.82 Å². The van der Waals surface area contributed by atoms with E-state index in [1.54, 1.807) is 18.2 Å². The van der Waals surface area contributed by atoms with E-state index in [0.29, 0.717) is 29.1 Å². The molecule has 5 nitrogen and oxygen atoms in total. The molecule has 1 aliphatic heterocycles. The van der Waals surface area contributed by atoms with Crippen LogP contribution in [0.1, 0.15) is 24.0 Å². The van der Waals surface area contributed by atoms with Crippen molar-refractivity contribution in [3.8, 4) is 11.9 Å². The zero-order chi connectivity index (χ0) is 17.2. The van der Waals surface area contributed by atoms with Crippen LogP contribution in [0.5, 0.6) is 5.88 Å². The average Bonchev–Trinajstić information content (AvgIpc) is 2.61. The SMILES string of the molecule is N#Cc1ccc(COc2cccc(N3CCN[C@@H]4CC[C@H]43)n2)c(F)c1. The summed E-state index contributed by atoms with van der Waals surface area (Å²) in [6.45, 7) is 1.98. The largest absolute Gasteiger partial charge is 0.473 e. The first-order valence-corrected chi connectivity index (χ1v) is 8.53. The molecule has 0 bridgehead atoms. The van der Waals surface area contributed by atoms with Crippen molar-refractivity contribution in [3.05, 3.63) is 53.3 Å². The lowest BCUT2D eigenvalue weighted by Crippen LogP contribution is -2.63. The second-order valence-corrected chi connectivity index (χ2v) is 6.44. The Kier molecular flexibility index (Phi) is 4.24. The molecule has 0 unspecified atom stereocenters. The molecule has 0 radical (unpaired) electrons. The van der Waals surface area contributed by atoms with Crippen molar-refractivity contribution in [2.75, 3.05) is 18.0 Å². The van der Waals surface area contributed by atoms with Gasteiger partial charge in [-0.15, -0.1) is 0 Å². The quantitative estimate of drug-likeness (QED) is 0.928. The number of fused-ring (bicyclic) bond motifs is 1. The molecule has 2 aliphatic rings. The summed E-state index contributed by atoms with van der Waals surface area (Å²) in [4.78, 5) is 6.93. The normalized spacial score (nSPS) is 21.8. The van der Waals surface area contributed by atoms with Gasteiger partial charge in [0.25, 0.3) is 0 Å². The van der Waals surface area contributed by atoms with Crippen molar-refractivity contribution in [3.63, 3.8) is 0 Å². The van der Waals surface area contributed by atoms with Gasteiger partial charge in [0.1, 0.15) is 18.2 Å². The Morgan fingerprint density at radius 2 is 2.24 bits per heavy atom. The number of halogens is 1. The number of nitrogens with one attached hydrogen (secondary N) is 1. The third-order valence-electron chi connectivity index (χ3n) is 4.96. The lowest BCUT2D eigenvalue weighted by Gasteiger charge is -2.49. The van der Waals surface area contributed by atoms with Gasteiger partial charge in [0.2, 0.25) is 5.88 Å². The highest BCUT2D eigenvalue weighted by molar-refractivity contribution is 5.44. The molecule has 2 heterocycles. The number of hydrogen-bond acceptors (Lipinski definition) is 5. The lowest BCUT2D eigenvalue weighted by atomic mass is 9.83. The van der Waals surface area contributed by atoms with Gasteiger partial charge in [-0.2, -0.15) is 10.2 Å². The smallest absolute Gasteiger partial charge is 0.215 e. The van der Waals surface area contributed by atoms with E-state index >= 15 is 0 Å². The number of pyridine rings is 1. The van der Waals surface area contributed by atoms with Gasteiger partial charge in [-0.25, -0.2) is 4.39 Å². The fourth-order valence-electron chi connectivity index (χ4n) is 3.44. The van der Waals surface area contributed by atoms with Crippen LogP contribution in [0.4, 0.5) is 10.2 Å². The van der Waals surface area contributed by atoms with Crippen molar-refractivity contribution in [2.45, 2.75) is 31.5 Å². The van der Waals surface area contributed by atoms with Crippen LogP contribution in [0.2, 0.25) is 0 Å². The molecule has 0 amide bonds. The summed E-state index contributed by atoms with van der Waals surface area (Å²) in [5, 5.41) is 12.3. The maximum Gasteiger partial charge on any atom is 0.215 e. The Balaban J connectivity index is 1.46. The standard InChI is InChI=1S/C19H19FN4O/c20-15-10-13(11-21)4-5-14(15)12-25-19-3-1-2-18(23-19)24-9-8-22-16-6-7-17(16)24/h1-5,10,16-17,22H,6-9,12H2/t16-,17-/m1/s1. The number of benzene rings is 1. The number of ether oxygens (including phenoxy) is 1. The highest BCUT2D eigenvalue weighted by atomic mass is 19.1. The zero-order valence-corrected chi connectivity index (χ0v) is 13.8. The van der Waals surface area contributed by atoms with Gasteiger partial charge in [0, 0.05) is 36.8 Å². The molecule has 2 atom stereocenters. The molecule has 6 heteroatoms. The Morgan fingerprint density at radius 1 is 1.32 bits per heavy atom. The summed E-state index contributed by atoms with van der Waals surface area (Å²) < 4.78 is 19.6. The molecule has 1 aromatic heterocycles. The first-order valence-electron chi connectivity index (χ1n) is 8.53. The second-order valence-electron chi connectivity index (χ2n) is 6.44. The van der Waals surface area contributed by atoms with Crippen LogP contribution < -0.4 is 15.0 Å². The number of anilines is 1. The number of nitrogens with zero attached hydrogens (tertiary/aromatic N) is 3. The first-order chi connectivity index (χ1) is 12.2. The predicted octanol–water partition coefficient (Wildman–Crippen LogP) is 2.61. The van der Waals surface area contributed by atoms with Gasteiger partial charge in [-0.1, -0.05) is 12.1 Å². The summed E-state index contributed by atoms with van der Waals surface area (Å²) in [5.41, 5.74) is 0.711. The molecule has 25 heavy (non-hydrogen) atoms. The van der Waals surface area contributed by atoms with E-state index in [4.69, 9.17) is 10.00 Å². The fraction of sp³-hybridized carbons (Fsp3) is 0.368. The van der Waals surface area contributed by atoms with Crippen molar-refractivity contribution in [1.82, 2.24) is 10.3 Å². The van der Waals surface area contributed by atoms with Crippen LogP contribution in [-0.4, -0.2) is 30.2 Å². The van der Waals surface area contributed by atoms with Crippen molar-refractivity contribution in [1.29, 1.82) is 5.26 Å². The second kappa shape index (κ2) is 6.69. The van der Waals surface area contributed by atoms with Gasteiger partial charge in [0.15, 0.2) is 0 Å². The number of rotatable bonds is 4. The van der Waals surface area contributed by atoms with Crippen LogP contribution in [-0.2, 0) is 6.61 Å². The molecule has 1 aliphatic carbocycles. The molecule has 1 saturated carbocycles. The minimum absolute atomic E-state index is 0.0849. The predicted molar refractivity (Wildman–Crippen MR) is 91.8 cm³/mol. The van der Waals surface area contributed by atoms with Crippen molar-refractivity contribution in [2.24, 2.45) is 0 Å². The van der Waals surface area contributed by atoms with E-state index in [1.807, 2.05) is 18.2 Å². The zero-order valence-electron chi connectivity index (χ0n) is 13.8. The molecular formula is C19H19FN4O. The lowest BCUT2D eigenvalue weighted by molar-refractivity contribution is 0.238. The number of nitriles is 1. The van der Waals surface area contributed by atoms with Gasteiger partial charge in [0.05, 0.1) is 11.6 Å². The Morgan fingerprint density at radius 3 is 3.00 bits per heavy atom. The third kappa shape index (κ3) is 3.15. The van der Waals surface area contributed by atoms with E-state index in [1.165, 1.54) is 18.9 Å². The maximum absolute atomic E-state index is 13.9. The van der Waals surface area contributed by atoms with Crippen LogP contribution in [0.15, 0.2) is 36.4 Å². The van der Waals surface area contributed by atoms with Crippen LogP contribution >= 0.6 is 0 Å². The van der Waals surface area contributed by atoms with Gasteiger partial charge < -0.3 is 15.0 Å². The fourth-order valence-corrected chi connectivity index (χ4v) is 3.44. The molecule has 2 aromatic rings. The monoisotopic (exact) mass is 338 g/mol. The van der Waals surface area contributed by atoms with E-state index in [-0.39, 0.29) is 6.61 Å². The Labute approximate surface area is 146 Å². The summed E-state index contributed by atoms with van der Waals surface area (Å²) >= 11 is 0. The van der Waals surface area contributed by atoms with Crippen LogP contribution in [0, 0.1) is 17.1 Å². The van der Waals surface area contributed by atoms with Gasteiger partial charge in [-0.05, 0) is 31.0 Å². The molecule has 4 rings (SSSR count). The summed E-state index contributed by atoms with van der Waals surface area (Å²) in [5.74, 6) is 0.958. The van der Waals surface area contributed by atoms with E-state index in [9.17, 15) is 4.39 Å². The highest BCUT2D eigenvalue weighted by Crippen LogP contribution is 2.31. The number of aromatic nitrogens is 1. The van der Waals surface area contributed by atoms with E-state index in [2.05, 4.69) is 15.2 Å². The third-order valence-corrected chi connectivity index (χ3v) is 4.96. The van der Waals surface area contributed by atoms with E-state index in [0.717, 1.165) is 18.9 Å². The summed E-state index contributed by atoms with van der Waals surface area (Å²) in [6.07, 6.45) is 2.40. The van der Waals surface area contributed by atoms with Gasteiger partial charge in [-0.3, -0.25) is 0 Å². The first kappa shape index (κ1) is 15.9. The minimum atomic E-state index is -0.436. The number of hydrogen-bond donors (Lipinski definition) is 1. The topological polar surface area (TPSA) is 61.2 Å². The Hall–Kier alpha value is -2.65. The molecule has 1 aromatic carbocycles. The van der Waals surface area contributed by atoms with Crippen LogP contribution in [0.3, 0.4) is 0 Å². The van der Waals surface area contributed by atoms with Crippen LogP contribution in [0.25, 0.3) is 0 Å². The minimum Gasteiger partial charge on any atom is -0.473 e. The summed E-state index contributed by atoms with van der Waals surface area (Å²) in [7, 11) is 0. The number of piperazine rings is 1. The van der Waals surface area contributed by atoms with Gasteiger partial charge >= 0.3 is 0 Å². The summed E-state index contributed by atoms with van der Waals surface area (Å²) in [6, 6.07) is 13.1. The van der Waals surface area contributed by atoms with Crippen molar-refractivity contribution >= 4 is 5.82 Å². The average molecular weight is 338 g/mol. The molecule has 0 spiro atoms. The highest BCUT2D eigenvalue weighted by Gasteiger charge is 2.38. The maximum atomic E-state index is 13.9. The molecule has 2 fully saturated rings. The molecule has 1 N–H and O–H groups in total.